The first kappa shape index (κ1) is 8.49. The second kappa shape index (κ2) is 3.19. The van der Waals surface area contributed by atoms with Crippen molar-refractivity contribution in [1.29, 1.82) is 0 Å². The number of aliphatic carboxylic acids is 1. The van der Waals surface area contributed by atoms with Crippen LogP contribution < -0.4 is 5.73 Å². The van der Waals surface area contributed by atoms with Crippen molar-refractivity contribution < 1.29 is 14.6 Å². The van der Waals surface area contributed by atoms with Crippen LogP contribution in [0, 0.1) is 0 Å². The molecular formula is C7H13NO3. The highest BCUT2D eigenvalue weighted by atomic mass is 16.5. The molecule has 0 aliphatic carbocycles. The Bertz CT molecular complexity index is 158. The number of carboxylic acids is 1. The summed E-state index contributed by atoms with van der Waals surface area (Å²) in [5.41, 5.74) is 5.54. The highest BCUT2D eigenvalue weighted by Crippen LogP contribution is 2.21. The molecule has 0 aromatic carbocycles. The molecule has 1 heterocycles. The van der Waals surface area contributed by atoms with Gasteiger partial charge in [-0.1, -0.05) is 0 Å². The van der Waals surface area contributed by atoms with E-state index in [9.17, 15) is 4.79 Å². The van der Waals surface area contributed by atoms with E-state index in [1.807, 2.05) is 6.92 Å². The lowest BCUT2D eigenvalue weighted by Gasteiger charge is -2.13. The first-order valence-corrected chi connectivity index (χ1v) is 3.75. The van der Waals surface area contributed by atoms with E-state index in [0.29, 0.717) is 6.42 Å². The molecule has 3 N–H and O–H groups in total. The molecule has 64 valence electrons. The van der Waals surface area contributed by atoms with Gasteiger partial charge in [-0.05, 0) is 19.8 Å². The third kappa shape index (κ3) is 1.91. The van der Waals surface area contributed by atoms with Crippen LogP contribution in [0.2, 0.25) is 0 Å². The molecular weight excluding hydrogens is 146 g/mol. The van der Waals surface area contributed by atoms with Crippen LogP contribution in [0.4, 0.5) is 0 Å². The van der Waals surface area contributed by atoms with Crippen LogP contribution in [0.25, 0.3) is 0 Å². The van der Waals surface area contributed by atoms with Crippen LogP contribution in [0.5, 0.6) is 0 Å². The summed E-state index contributed by atoms with van der Waals surface area (Å²) in [4.78, 5) is 10.4. The molecule has 3 atom stereocenters. The summed E-state index contributed by atoms with van der Waals surface area (Å²) < 4.78 is 5.16. The van der Waals surface area contributed by atoms with Gasteiger partial charge in [0, 0.05) is 6.04 Å². The van der Waals surface area contributed by atoms with Gasteiger partial charge in [-0.2, -0.15) is 0 Å². The van der Waals surface area contributed by atoms with Gasteiger partial charge in [0.25, 0.3) is 0 Å². The number of hydrogen-bond donors (Lipinski definition) is 2. The Hall–Kier alpha value is -0.610. The predicted molar refractivity (Wildman–Crippen MR) is 39.2 cm³/mol. The van der Waals surface area contributed by atoms with Crippen molar-refractivity contribution in [3.63, 3.8) is 0 Å². The van der Waals surface area contributed by atoms with E-state index < -0.39 is 12.1 Å². The van der Waals surface area contributed by atoms with Crippen molar-refractivity contribution in [2.45, 2.75) is 38.0 Å². The number of nitrogens with two attached hydrogens (primary N) is 1. The van der Waals surface area contributed by atoms with Crippen molar-refractivity contribution in [2.24, 2.45) is 5.73 Å². The van der Waals surface area contributed by atoms with Crippen LogP contribution >= 0.6 is 0 Å². The van der Waals surface area contributed by atoms with Crippen molar-refractivity contribution in [2.75, 3.05) is 0 Å². The molecule has 0 spiro atoms. The summed E-state index contributed by atoms with van der Waals surface area (Å²) in [7, 11) is 0. The maximum absolute atomic E-state index is 10.4. The van der Waals surface area contributed by atoms with Gasteiger partial charge in [0.2, 0.25) is 0 Å². The van der Waals surface area contributed by atoms with Gasteiger partial charge in [-0.25, -0.2) is 4.79 Å². The van der Waals surface area contributed by atoms with Crippen LogP contribution in [0.1, 0.15) is 19.8 Å². The molecule has 4 heteroatoms. The molecule has 1 rings (SSSR count). The minimum Gasteiger partial charge on any atom is -0.479 e. The van der Waals surface area contributed by atoms with Crippen LogP contribution in [0.15, 0.2) is 0 Å². The summed E-state index contributed by atoms with van der Waals surface area (Å²) in [6.07, 6.45) is 0.637. The second-order valence-corrected chi connectivity index (χ2v) is 2.94. The average molecular weight is 159 g/mol. The minimum absolute atomic E-state index is 0.0700. The molecule has 1 aliphatic heterocycles. The lowest BCUT2D eigenvalue weighted by molar-refractivity contribution is -0.149. The van der Waals surface area contributed by atoms with Crippen LogP contribution in [0.3, 0.4) is 0 Å². The molecule has 0 aromatic rings. The van der Waals surface area contributed by atoms with E-state index in [1.54, 1.807) is 0 Å². The first-order chi connectivity index (χ1) is 5.11. The Morgan fingerprint density at radius 2 is 2.36 bits per heavy atom. The maximum atomic E-state index is 10.4. The monoisotopic (exact) mass is 159 g/mol. The fourth-order valence-corrected chi connectivity index (χ4v) is 1.23. The minimum atomic E-state index is -0.881. The number of carboxylic acid groups (broad SMARTS) is 1. The standard InChI is InChI=1S/C7H13NO3/c1-4(8)5-2-3-6(11-5)7(9)10/h4-6H,2-3,8H2,1H3,(H,9,10)/t4-,5+,6-/m0/s1. The Morgan fingerprint density at radius 3 is 2.64 bits per heavy atom. The largest absolute Gasteiger partial charge is 0.479 e. The molecule has 11 heavy (non-hydrogen) atoms. The van der Waals surface area contributed by atoms with Gasteiger partial charge < -0.3 is 15.6 Å². The van der Waals surface area contributed by atoms with Gasteiger partial charge >= 0.3 is 5.97 Å². The molecule has 0 unspecified atom stereocenters. The van der Waals surface area contributed by atoms with E-state index in [1.165, 1.54) is 0 Å². The summed E-state index contributed by atoms with van der Waals surface area (Å²) in [5.74, 6) is -0.881. The third-order valence-electron chi connectivity index (χ3n) is 1.91. The topological polar surface area (TPSA) is 72.6 Å². The molecule has 1 aliphatic rings. The summed E-state index contributed by atoms with van der Waals surface area (Å²) in [5, 5.41) is 8.55. The summed E-state index contributed by atoms with van der Waals surface area (Å²) >= 11 is 0. The molecule has 1 fully saturated rings. The van der Waals surface area contributed by atoms with E-state index in [2.05, 4.69) is 0 Å². The Labute approximate surface area is 65.3 Å². The fraction of sp³-hybridized carbons (Fsp3) is 0.857. The molecule has 0 bridgehead atoms. The normalized spacial score (nSPS) is 33.6. The zero-order valence-corrected chi connectivity index (χ0v) is 6.49. The van der Waals surface area contributed by atoms with Gasteiger partial charge in [0.05, 0.1) is 6.10 Å². The van der Waals surface area contributed by atoms with Crippen molar-refractivity contribution >= 4 is 5.97 Å². The molecule has 4 nitrogen and oxygen atoms in total. The quantitative estimate of drug-likeness (QED) is 0.593. The van der Waals surface area contributed by atoms with E-state index in [-0.39, 0.29) is 12.1 Å². The highest BCUT2D eigenvalue weighted by Gasteiger charge is 2.31. The summed E-state index contributed by atoms with van der Waals surface area (Å²) in [6, 6.07) is -0.0700. The Morgan fingerprint density at radius 1 is 1.73 bits per heavy atom. The van der Waals surface area contributed by atoms with E-state index in [0.717, 1.165) is 6.42 Å². The Balaban J connectivity index is 2.41. The van der Waals surface area contributed by atoms with E-state index >= 15 is 0 Å². The van der Waals surface area contributed by atoms with E-state index in [4.69, 9.17) is 15.6 Å². The number of carbonyl (C=O) groups is 1. The number of rotatable bonds is 2. The molecule has 1 saturated heterocycles. The number of ether oxygens (including phenoxy) is 1. The van der Waals surface area contributed by atoms with Crippen molar-refractivity contribution in [3.05, 3.63) is 0 Å². The van der Waals surface area contributed by atoms with Gasteiger partial charge in [0.1, 0.15) is 0 Å². The third-order valence-corrected chi connectivity index (χ3v) is 1.91. The molecule has 0 aromatic heterocycles. The van der Waals surface area contributed by atoms with Crippen molar-refractivity contribution in [1.82, 2.24) is 0 Å². The van der Waals surface area contributed by atoms with Crippen LogP contribution in [-0.2, 0) is 9.53 Å². The average Bonchev–Trinajstić information content (AvgIpc) is 2.33. The second-order valence-electron chi connectivity index (χ2n) is 2.94. The number of hydrogen-bond acceptors (Lipinski definition) is 3. The molecule has 0 saturated carbocycles. The summed E-state index contributed by atoms with van der Waals surface area (Å²) in [6.45, 7) is 1.83. The fourth-order valence-electron chi connectivity index (χ4n) is 1.23. The first-order valence-electron chi connectivity index (χ1n) is 3.75. The van der Waals surface area contributed by atoms with Crippen molar-refractivity contribution in [3.8, 4) is 0 Å². The molecule has 0 amide bonds. The highest BCUT2D eigenvalue weighted by molar-refractivity contribution is 5.72. The smallest absolute Gasteiger partial charge is 0.332 e. The Kier molecular flexibility index (Phi) is 2.46. The zero-order valence-electron chi connectivity index (χ0n) is 6.49. The lowest BCUT2D eigenvalue weighted by atomic mass is 10.1. The SMILES string of the molecule is C[C@H](N)[C@H]1CC[C@@H](C(=O)O)O1. The van der Waals surface area contributed by atoms with Gasteiger partial charge in [0.15, 0.2) is 6.10 Å². The zero-order chi connectivity index (χ0) is 8.43. The maximum Gasteiger partial charge on any atom is 0.332 e. The van der Waals surface area contributed by atoms with Gasteiger partial charge in [-0.3, -0.25) is 0 Å². The van der Waals surface area contributed by atoms with Gasteiger partial charge in [-0.15, -0.1) is 0 Å². The lowest BCUT2D eigenvalue weighted by Crippen LogP contribution is -2.32. The van der Waals surface area contributed by atoms with Crippen LogP contribution in [-0.4, -0.2) is 29.3 Å². The predicted octanol–water partition coefficient (Wildman–Crippen LogP) is -0.0342. The molecule has 0 radical (unpaired) electrons.